The van der Waals surface area contributed by atoms with Gasteiger partial charge in [-0.3, -0.25) is 4.79 Å². The average Bonchev–Trinajstić information content (AvgIpc) is 2.57. The highest BCUT2D eigenvalue weighted by Gasteiger charge is 2.13. The third kappa shape index (κ3) is 5.68. The summed E-state index contributed by atoms with van der Waals surface area (Å²) in [5.74, 6) is 0.337. The lowest BCUT2D eigenvalue weighted by Gasteiger charge is -2.14. The molecule has 5 heteroatoms. The van der Waals surface area contributed by atoms with Gasteiger partial charge in [0.25, 0.3) is 0 Å². The molecule has 0 spiro atoms. The number of amides is 1. The molecule has 0 aliphatic rings. The Morgan fingerprint density at radius 2 is 1.96 bits per heavy atom. The highest BCUT2D eigenvalue weighted by atomic mass is 16.5. The minimum absolute atomic E-state index is 0.0770. The Labute approximate surface area is 142 Å². The van der Waals surface area contributed by atoms with E-state index in [4.69, 9.17) is 15.6 Å². The first kappa shape index (κ1) is 18.0. The Hall–Kier alpha value is -2.37. The van der Waals surface area contributed by atoms with Crippen LogP contribution in [0.1, 0.15) is 23.1 Å². The molecule has 128 valence electrons. The van der Waals surface area contributed by atoms with Crippen molar-refractivity contribution in [2.75, 3.05) is 6.61 Å². The fraction of sp³-hybridized carbons (Fsp3) is 0.316. The summed E-state index contributed by atoms with van der Waals surface area (Å²) >= 11 is 0. The lowest BCUT2D eigenvalue weighted by molar-refractivity contribution is -0.120. The first-order valence-electron chi connectivity index (χ1n) is 7.99. The van der Waals surface area contributed by atoms with Crippen molar-refractivity contribution in [3.8, 4) is 5.75 Å². The van der Waals surface area contributed by atoms with Crippen LogP contribution in [0.2, 0.25) is 0 Å². The first-order valence-corrected chi connectivity index (χ1v) is 7.99. The van der Waals surface area contributed by atoms with Crippen molar-refractivity contribution >= 4 is 5.91 Å². The van der Waals surface area contributed by atoms with Gasteiger partial charge in [0.15, 0.2) is 0 Å². The van der Waals surface area contributed by atoms with E-state index in [0.717, 1.165) is 16.9 Å². The first-order chi connectivity index (χ1) is 11.6. The molecule has 1 unspecified atom stereocenters. The molecule has 0 aliphatic carbocycles. The maximum absolute atomic E-state index is 11.2. The zero-order valence-electron chi connectivity index (χ0n) is 13.9. The number of carbonyl (C=O) groups excluding carboxylic acids is 1. The zero-order chi connectivity index (χ0) is 17.4. The molecule has 0 aromatic heterocycles. The van der Waals surface area contributed by atoms with E-state index in [2.05, 4.69) is 24.4 Å². The van der Waals surface area contributed by atoms with E-state index in [1.807, 2.05) is 36.4 Å². The van der Waals surface area contributed by atoms with Gasteiger partial charge in [0.2, 0.25) is 5.91 Å². The van der Waals surface area contributed by atoms with Crippen molar-refractivity contribution in [3.05, 3.63) is 65.2 Å². The molecule has 0 saturated heterocycles. The molecule has 2 aromatic carbocycles. The van der Waals surface area contributed by atoms with Crippen LogP contribution in [0.25, 0.3) is 0 Å². The lowest BCUT2D eigenvalue weighted by atomic mass is 10.1. The van der Waals surface area contributed by atoms with Crippen LogP contribution >= 0.6 is 0 Å². The highest BCUT2D eigenvalue weighted by Crippen LogP contribution is 2.15. The second-order valence-corrected chi connectivity index (χ2v) is 5.77. The van der Waals surface area contributed by atoms with Crippen molar-refractivity contribution in [3.63, 3.8) is 0 Å². The maximum Gasteiger partial charge on any atom is 0.234 e. The quantitative estimate of drug-likeness (QED) is 0.656. The van der Waals surface area contributed by atoms with Crippen LogP contribution < -0.4 is 15.8 Å². The second-order valence-electron chi connectivity index (χ2n) is 5.77. The van der Waals surface area contributed by atoms with Crippen LogP contribution in [-0.2, 0) is 17.9 Å². The number of benzene rings is 2. The Kier molecular flexibility index (Phi) is 6.78. The summed E-state index contributed by atoms with van der Waals surface area (Å²) in [4.78, 5) is 11.2. The molecular formula is C19H24N2O3. The van der Waals surface area contributed by atoms with E-state index in [1.165, 1.54) is 5.56 Å². The number of hydrogen-bond acceptors (Lipinski definition) is 4. The van der Waals surface area contributed by atoms with Crippen LogP contribution in [0.15, 0.2) is 48.5 Å². The maximum atomic E-state index is 11.2. The van der Waals surface area contributed by atoms with Crippen molar-refractivity contribution < 1.29 is 14.6 Å². The number of ether oxygens (including phenoxy) is 1. The van der Waals surface area contributed by atoms with E-state index in [1.54, 1.807) is 0 Å². The van der Waals surface area contributed by atoms with E-state index < -0.39 is 11.9 Å². The number of carbonyl (C=O) groups is 1. The zero-order valence-corrected chi connectivity index (χ0v) is 13.9. The standard InChI is InChI=1S/C19H24N2O3/c1-14-3-2-4-16(11-14)13-24-17-7-5-15(6-8-17)12-21-18(9-10-22)19(20)23/h2-8,11,18,21-22H,9-10,12-13H2,1H3,(H2,20,23). The third-order valence-electron chi connectivity index (χ3n) is 3.73. The van der Waals surface area contributed by atoms with E-state index in [9.17, 15) is 4.79 Å². The summed E-state index contributed by atoms with van der Waals surface area (Å²) in [5.41, 5.74) is 8.65. The van der Waals surface area contributed by atoms with E-state index in [-0.39, 0.29) is 6.61 Å². The number of rotatable bonds is 9. The molecule has 1 atom stereocenters. The number of nitrogens with two attached hydrogens (primary N) is 1. The topological polar surface area (TPSA) is 84.6 Å². The van der Waals surface area contributed by atoms with Crippen LogP contribution in [0.5, 0.6) is 5.75 Å². The van der Waals surface area contributed by atoms with Crippen molar-refractivity contribution in [1.29, 1.82) is 0 Å². The van der Waals surface area contributed by atoms with Gasteiger partial charge < -0.3 is 20.9 Å². The van der Waals surface area contributed by atoms with Crippen LogP contribution in [-0.4, -0.2) is 23.7 Å². The average molecular weight is 328 g/mol. The number of nitrogens with one attached hydrogen (secondary N) is 1. The van der Waals surface area contributed by atoms with Crippen molar-refractivity contribution in [1.82, 2.24) is 5.32 Å². The minimum atomic E-state index is -0.521. The van der Waals surface area contributed by atoms with Gasteiger partial charge in [-0.1, -0.05) is 42.0 Å². The summed E-state index contributed by atoms with van der Waals surface area (Å²) in [7, 11) is 0. The Morgan fingerprint density at radius 3 is 2.58 bits per heavy atom. The molecule has 1 amide bonds. The number of aliphatic hydroxyl groups is 1. The van der Waals surface area contributed by atoms with Gasteiger partial charge >= 0.3 is 0 Å². The van der Waals surface area contributed by atoms with Crippen molar-refractivity contribution in [2.45, 2.75) is 32.5 Å². The lowest BCUT2D eigenvalue weighted by Crippen LogP contribution is -2.41. The van der Waals surface area contributed by atoms with Gasteiger partial charge in [-0.25, -0.2) is 0 Å². The summed E-state index contributed by atoms with van der Waals surface area (Å²) in [6.07, 6.45) is 0.313. The Morgan fingerprint density at radius 1 is 1.21 bits per heavy atom. The predicted molar refractivity (Wildman–Crippen MR) is 93.5 cm³/mol. The molecule has 0 bridgehead atoms. The van der Waals surface area contributed by atoms with Gasteiger partial charge in [-0.05, 0) is 36.6 Å². The number of aryl methyl sites for hydroxylation is 1. The van der Waals surface area contributed by atoms with E-state index >= 15 is 0 Å². The molecular weight excluding hydrogens is 304 g/mol. The smallest absolute Gasteiger partial charge is 0.234 e. The van der Waals surface area contributed by atoms with Gasteiger partial charge in [0, 0.05) is 13.2 Å². The Balaban J connectivity index is 1.85. The monoisotopic (exact) mass is 328 g/mol. The molecule has 0 radical (unpaired) electrons. The van der Waals surface area contributed by atoms with Crippen LogP contribution in [0, 0.1) is 6.92 Å². The van der Waals surface area contributed by atoms with Crippen LogP contribution in [0.4, 0.5) is 0 Å². The molecule has 5 nitrogen and oxygen atoms in total. The normalized spacial score (nSPS) is 11.9. The largest absolute Gasteiger partial charge is 0.489 e. The molecule has 24 heavy (non-hydrogen) atoms. The summed E-state index contributed by atoms with van der Waals surface area (Å²) in [6, 6.07) is 15.4. The fourth-order valence-electron chi connectivity index (χ4n) is 2.39. The molecule has 2 aromatic rings. The summed E-state index contributed by atoms with van der Waals surface area (Å²) in [5, 5.41) is 12.0. The predicted octanol–water partition coefficient (Wildman–Crippen LogP) is 1.90. The summed E-state index contributed by atoms with van der Waals surface area (Å²) < 4.78 is 5.78. The van der Waals surface area contributed by atoms with Gasteiger partial charge in [0.05, 0.1) is 6.04 Å². The number of primary amides is 1. The van der Waals surface area contributed by atoms with Gasteiger partial charge in [-0.2, -0.15) is 0 Å². The van der Waals surface area contributed by atoms with E-state index in [0.29, 0.717) is 19.6 Å². The minimum Gasteiger partial charge on any atom is -0.489 e. The molecule has 0 fully saturated rings. The third-order valence-corrected chi connectivity index (χ3v) is 3.73. The van der Waals surface area contributed by atoms with Gasteiger partial charge in [0.1, 0.15) is 12.4 Å². The van der Waals surface area contributed by atoms with Gasteiger partial charge in [-0.15, -0.1) is 0 Å². The number of aliphatic hydroxyl groups excluding tert-OH is 1. The summed E-state index contributed by atoms with van der Waals surface area (Å²) in [6.45, 7) is 3.01. The second kappa shape index (κ2) is 9.05. The Bertz CT molecular complexity index is 656. The fourth-order valence-corrected chi connectivity index (χ4v) is 2.39. The SMILES string of the molecule is Cc1cccc(COc2ccc(CNC(CCO)C(N)=O)cc2)c1. The molecule has 0 heterocycles. The number of hydrogen-bond donors (Lipinski definition) is 3. The van der Waals surface area contributed by atoms with Crippen molar-refractivity contribution in [2.24, 2.45) is 5.73 Å². The molecule has 0 aliphatic heterocycles. The molecule has 4 N–H and O–H groups in total. The van der Waals surface area contributed by atoms with Crippen LogP contribution in [0.3, 0.4) is 0 Å². The molecule has 0 saturated carbocycles. The highest BCUT2D eigenvalue weighted by molar-refractivity contribution is 5.79. The molecule has 2 rings (SSSR count).